The van der Waals surface area contributed by atoms with Gasteiger partial charge in [0.15, 0.2) is 11.5 Å². The maximum Gasteiger partial charge on any atom is 0.335 e. The predicted molar refractivity (Wildman–Crippen MR) is 137 cm³/mol. The number of rotatable bonds is 12. The minimum atomic E-state index is -0.826. The number of benzene rings is 2. The molecule has 35 heavy (non-hydrogen) atoms. The minimum Gasteiger partial charge on any atom is -0.490 e. The fourth-order valence-electron chi connectivity index (χ4n) is 3.74. The number of nitrogens with one attached hydrogen (secondary N) is 1. The van der Waals surface area contributed by atoms with Gasteiger partial charge in [-0.15, -0.1) is 0 Å². The molecule has 1 fully saturated rings. The van der Waals surface area contributed by atoms with Crippen molar-refractivity contribution in [3.63, 3.8) is 0 Å². The number of carbonyl (C=O) groups is 3. The molecule has 0 atom stereocenters. The molecule has 0 saturated carbocycles. The summed E-state index contributed by atoms with van der Waals surface area (Å²) in [4.78, 5) is 38.8. The van der Waals surface area contributed by atoms with Gasteiger partial charge in [0.1, 0.15) is 5.57 Å². The number of unbranched alkanes of at least 4 members (excludes halogenated alkanes) is 5. The van der Waals surface area contributed by atoms with E-state index in [9.17, 15) is 14.4 Å². The van der Waals surface area contributed by atoms with Crippen molar-refractivity contribution in [1.29, 1.82) is 0 Å². The molecule has 2 aromatic rings. The van der Waals surface area contributed by atoms with Crippen LogP contribution in [0, 0.1) is 0 Å². The summed E-state index contributed by atoms with van der Waals surface area (Å²) in [6.45, 7) is 5.09. The molecule has 1 aliphatic heterocycles. The smallest absolute Gasteiger partial charge is 0.335 e. The largest absolute Gasteiger partial charge is 0.490 e. The Morgan fingerprint density at radius 2 is 1.69 bits per heavy atom. The Balaban J connectivity index is 1.76. The van der Waals surface area contributed by atoms with Gasteiger partial charge in [0.25, 0.3) is 11.8 Å². The van der Waals surface area contributed by atoms with Gasteiger partial charge in [0.2, 0.25) is 0 Å². The second-order valence-corrected chi connectivity index (χ2v) is 8.63. The summed E-state index contributed by atoms with van der Waals surface area (Å²) in [6.07, 6.45) is 8.44. The van der Waals surface area contributed by atoms with Gasteiger partial charge in [-0.2, -0.15) is 0 Å². The molecule has 2 aromatic carbocycles. The number of imide groups is 2. The topological polar surface area (TPSA) is 84.9 Å². The van der Waals surface area contributed by atoms with Gasteiger partial charge >= 0.3 is 6.03 Å². The summed E-state index contributed by atoms with van der Waals surface area (Å²) in [5.41, 5.74) is 0.666. The quantitative estimate of drug-likeness (QED) is 0.216. The van der Waals surface area contributed by atoms with E-state index in [4.69, 9.17) is 21.1 Å². The van der Waals surface area contributed by atoms with Crippen molar-refractivity contribution in [2.24, 2.45) is 0 Å². The lowest BCUT2D eigenvalue weighted by molar-refractivity contribution is -0.122. The van der Waals surface area contributed by atoms with Crippen LogP contribution in [0.1, 0.15) is 57.9 Å². The van der Waals surface area contributed by atoms with Crippen LogP contribution in [0.25, 0.3) is 6.08 Å². The number of nitrogens with zero attached hydrogens (tertiary/aromatic N) is 1. The number of urea groups is 1. The highest BCUT2D eigenvalue weighted by Gasteiger charge is 2.36. The van der Waals surface area contributed by atoms with Crippen molar-refractivity contribution in [3.05, 3.63) is 58.6 Å². The van der Waals surface area contributed by atoms with E-state index in [1.54, 1.807) is 36.4 Å². The normalized spacial score (nSPS) is 14.9. The average Bonchev–Trinajstić information content (AvgIpc) is 2.82. The number of ether oxygens (including phenoxy) is 2. The van der Waals surface area contributed by atoms with Crippen LogP contribution in [0.2, 0.25) is 5.02 Å². The van der Waals surface area contributed by atoms with Crippen LogP contribution < -0.4 is 19.7 Å². The zero-order valence-corrected chi connectivity index (χ0v) is 20.9. The summed E-state index contributed by atoms with van der Waals surface area (Å²) in [5, 5.41) is 2.58. The Bertz CT molecular complexity index is 1100. The molecule has 186 valence electrons. The number of barbiturate groups is 1. The molecule has 7 nitrogen and oxygen atoms in total. The van der Waals surface area contributed by atoms with E-state index in [-0.39, 0.29) is 11.3 Å². The lowest BCUT2D eigenvalue weighted by Crippen LogP contribution is -2.54. The summed E-state index contributed by atoms with van der Waals surface area (Å²) in [7, 11) is 0. The van der Waals surface area contributed by atoms with Gasteiger partial charge in [-0.05, 0) is 55.3 Å². The molecule has 0 radical (unpaired) electrons. The van der Waals surface area contributed by atoms with Gasteiger partial charge < -0.3 is 9.47 Å². The number of halogens is 1. The van der Waals surface area contributed by atoms with Crippen molar-refractivity contribution in [1.82, 2.24) is 5.32 Å². The molecule has 0 aromatic heterocycles. The first-order valence-corrected chi connectivity index (χ1v) is 12.4. The van der Waals surface area contributed by atoms with Gasteiger partial charge in [-0.1, -0.05) is 62.8 Å². The Morgan fingerprint density at radius 3 is 2.43 bits per heavy atom. The first-order chi connectivity index (χ1) is 16.9. The van der Waals surface area contributed by atoms with Crippen LogP contribution in [-0.4, -0.2) is 31.1 Å². The van der Waals surface area contributed by atoms with Gasteiger partial charge in [0.05, 0.1) is 18.9 Å². The summed E-state index contributed by atoms with van der Waals surface area (Å²) in [5.74, 6) is -0.362. The lowest BCUT2D eigenvalue weighted by Gasteiger charge is -2.26. The van der Waals surface area contributed by atoms with E-state index in [0.717, 1.165) is 17.7 Å². The Morgan fingerprint density at radius 1 is 0.914 bits per heavy atom. The highest BCUT2D eigenvalue weighted by atomic mass is 35.5. The third-order valence-electron chi connectivity index (χ3n) is 5.50. The standard InChI is InChI=1S/C27H31ClN2O5/c1-3-5-6-7-8-9-15-35-23-14-13-19(17-24(23)34-4-2)16-22-25(31)29-27(33)30(26(22)32)21-12-10-11-20(28)18-21/h10-14,16-18H,3-9,15H2,1-2H3,(H,29,31,33). The third kappa shape index (κ3) is 7.09. The fraction of sp³-hybridized carbons (Fsp3) is 0.370. The molecular formula is C27H31ClN2O5. The molecule has 0 unspecified atom stereocenters. The number of amides is 4. The zero-order valence-electron chi connectivity index (χ0n) is 20.1. The van der Waals surface area contributed by atoms with Gasteiger partial charge in [-0.25, -0.2) is 9.69 Å². The Kier molecular flexibility index (Phi) is 9.73. The van der Waals surface area contributed by atoms with Crippen LogP contribution >= 0.6 is 11.6 Å². The second kappa shape index (κ2) is 13.0. The van der Waals surface area contributed by atoms with Gasteiger partial charge in [0, 0.05) is 5.02 Å². The van der Waals surface area contributed by atoms with E-state index >= 15 is 0 Å². The van der Waals surface area contributed by atoms with Crippen molar-refractivity contribution >= 4 is 41.2 Å². The van der Waals surface area contributed by atoms with Crippen LogP contribution in [-0.2, 0) is 9.59 Å². The number of anilines is 1. The predicted octanol–water partition coefficient (Wildman–Crippen LogP) is 6.14. The van der Waals surface area contributed by atoms with Gasteiger partial charge in [-0.3, -0.25) is 14.9 Å². The molecule has 0 spiro atoms. The molecule has 0 bridgehead atoms. The number of hydrogen-bond acceptors (Lipinski definition) is 5. The van der Waals surface area contributed by atoms with E-state index < -0.39 is 17.8 Å². The van der Waals surface area contributed by atoms with Crippen LogP contribution in [0.5, 0.6) is 11.5 Å². The second-order valence-electron chi connectivity index (χ2n) is 8.19. The van der Waals surface area contributed by atoms with Crippen molar-refractivity contribution in [2.45, 2.75) is 52.4 Å². The maximum absolute atomic E-state index is 13.1. The first kappa shape index (κ1) is 26.3. The molecule has 1 heterocycles. The molecule has 0 aliphatic carbocycles. The monoisotopic (exact) mass is 498 g/mol. The van der Waals surface area contributed by atoms with E-state index in [2.05, 4.69) is 12.2 Å². The van der Waals surface area contributed by atoms with Crippen molar-refractivity contribution in [3.8, 4) is 11.5 Å². The molecule has 1 N–H and O–H groups in total. The highest BCUT2D eigenvalue weighted by Crippen LogP contribution is 2.31. The average molecular weight is 499 g/mol. The molecule has 1 aliphatic rings. The minimum absolute atomic E-state index is 0.173. The summed E-state index contributed by atoms with van der Waals surface area (Å²) < 4.78 is 11.7. The van der Waals surface area contributed by atoms with Crippen molar-refractivity contribution < 1.29 is 23.9 Å². The molecule has 3 rings (SSSR count). The highest BCUT2D eigenvalue weighted by molar-refractivity contribution is 6.39. The van der Waals surface area contributed by atoms with Crippen LogP contribution in [0.4, 0.5) is 10.5 Å². The van der Waals surface area contributed by atoms with Crippen molar-refractivity contribution in [2.75, 3.05) is 18.1 Å². The molecule has 4 amide bonds. The van der Waals surface area contributed by atoms with E-state index in [1.807, 2.05) is 6.92 Å². The summed E-state index contributed by atoms with van der Waals surface area (Å²) >= 11 is 6.01. The SMILES string of the molecule is CCCCCCCCOc1ccc(C=C2C(=O)NC(=O)N(c3cccc(Cl)c3)C2=O)cc1OCC. The summed E-state index contributed by atoms with van der Waals surface area (Å²) in [6, 6.07) is 10.7. The molecule has 1 saturated heterocycles. The van der Waals surface area contributed by atoms with E-state index in [1.165, 1.54) is 37.8 Å². The lowest BCUT2D eigenvalue weighted by atomic mass is 10.1. The van der Waals surface area contributed by atoms with E-state index in [0.29, 0.717) is 35.3 Å². The molecular weight excluding hydrogens is 468 g/mol. The molecule has 8 heteroatoms. The fourth-order valence-corrected chi connectivity index (χ4v) is 3.92. The zero-order chi connectivity index (χ0) is 25.2. The number of hydrogen-bond donors (Lipinski definition) is 1. The van der Waals surface area contributed by atoms with Crippen LogP contribution in [0.3, 0.4) is 0 Å². The number of carbonyl (C=O) groups excluding carboxylic acids is 3. The van der Waals surface area contributed by atoms with Crippen LogP contribution in [0.15, 0.2) is 48.0 Å². The third-order valence-corrected chi connectivity index (χ3v) is 5.74. The Hall–Kier alpha value is -3.32. The Labute approximate surface area is 211 Å². The maximum atomic E-state index is 13.1. The first-order valence-electron chi connectivity index (χ1n) is 12.0.